The normalized spacial score (nSPS) is 16.5. The maximum Gasteiger partial charge on any atom is 0.231 e. The van der Waals surface area contributed by atoms with Crippen LogP contribution in [0.5, 0.6) is 17.2 Å². The minimum atomic E-state index is -0.174. The first-order valence-electron chi connectivity index (χ1n) is 7.92. The molecule has 1 atom stereocenters. The van der Waals surface area contributed by atoms with E-state index in [1.54, 1.807) is 0 Å². The van der Waals surface area contributed by atoms with Gasteiger partial charge < -0.3 is 25.3 Å². The van der Waals surface area contributed by atoms with Gasteiger partial charge in [-0.3, -0.25) is 0 Å². The second kappa shape index (κ2) is 8.49. The molecule has 3 N–H and O–H groups in total. The Balaban J connectivity index is 0.00000121. The number of nitrogens with two attached hydrogens (primary N) is 1. The molecule has 0 saturated carbocycles. The van der Waals surface area contributed by atoms with Crippen LogP contribution in [0.15, 0.2) is 41.4 Å². The number of nitrogens with zero attached hydrogens (tertiary/aromatic N) is 1. The van der Waals surface area contributed by atoms with Crippen molar-refractivity contribution in [3.8, 4) is 17.2 Å². The van der Waals surface area contributed by atoms with Crippen LogP contribution in [0.25, 0.3) is 0 Å². The molecule has 0 spiro atoms. The minimum Gasteiger partial charge on any atom is -0.481 e. The van der Waals surface area contributed by atoms with E-state index in [1.807, 2.05) is 43.3 Å². The summed E-state index contributed by atoms with van der Waals surface area (Å²) in [6.45, 7) is 3.66. The van der Waals surface area contributed by atoms with Gasteiger partial charge in [-0.05, 0) is 42.3 Å². The van der Waals surface area contributed by atoms with Crippen molar-refractivity contribution >= 4 is 36.3 Å². The number of aliphatic imine (C=N–C) groups is 1. The van der Waals surface area contributed by atoms with E-state index in [-0.39, 0.29) is 30.9 Å². The Morgan fingerprint density at radius 3 is 2.42 bits per heavy atom. The van der Waals surface area contributed by atoms with E-state index < -0.39 is 0 Å². The number of amidine groups is 1. The molecule has 2 aliphatic rings. The number of ether oxygens (including phenoxy) is 3. The van der Waals surface area contributed by atoms with E-state index in [1.165, 1.54) is 0 Å². The monoisotopic (exact) mass is 397 g/mol. The lowest BCUT2D eigenvalue weighted by atomic mass is 10.1. The van der Waals surface area contributed by atoms with Crippen LogP contribution in [0.4, 0.5) is 5.69 Å². The Hall–Kier alpha value is -2.15. The molecule has 0 radical (unpaired) electrons. The summed E-state index contributed by atoms with van der Waals surface area (Å²) in [6, 6.07) is 12.0. The molecule has 2 aromatic rings. The average molecular weight is 398 g/mol. The third kappa shape index (κ3) is 4.15. The summed E-state index contributed by atoms with van der Waals surface area (Å²) in [6.07, 6.45) is -0.174. The van der Waals surface area contributed by atoms with Crippen molar-refractivity contribution in [3.05, 3.63) is 47.5 Å². The van der Waals surface area contributed by atoms with Crippen molar-refractivity contribution in [2.75, 3.05) is 6.79 Å². The van der Waals surface area contributed by atoms with E-state index >= 15 is 0 Å². The van der Waals surface area contributed by atoms with Crippen LogP contribution in [0.3, 0.4) is 0 Å². The Morgan fingerprint density at radius 2 is 1.65 bits per heavy atom. The molecule has 4 rings (SSSR count). The zero-order valence-corrected chi connectivity index (χ0v) is 15.9. The SMILES string of the molecule is CC1Oc2ccc(CNCc3ccc4c(c3)OCO4)cc2N=C1N.Cl.Cl. The van der Waals surface area contributed by atoms with Gasteiger partial charge in [-0.1, -0.05) is 12.1 Å². The number of fused-ring (bicyclic) bond motifs is 2. The number of halogens is 2. The Kier molecular flexibility index (Phi) is 6.58. The van der Waals surface area contributed by atoms with E-state index in [9.17, 15) is 0 Å². The Labute approximate surface area is 164 Å². The Bertz CT molecular complexity index is 814. The third-order valence-corrected chi connectivity index (χ3v) is 4.09. The summed E-state index contributed by atoms with van der Waals surface area (Å²) < 4.78 is 16.4. The van der Waals surface area contributed by atoms with Crippen molar-refractivity contribution in [1.29, 1.82) is 0 Å². The van der Waals surface area contributed by atoms with E-state index in [0.29, 0.717) is 12.6 Å². The van der Waals surface area contributed by atoms with Gasteiger partial charge in [0.05, 0.1) is 0 Å². The van der Waals surface area contributed by atoms with Gasteiger partial charge in [0.25, 0.3) is 0 Å². The molecule has 0 aliphatic carbocycles. The molecule has 0 aromatic heterocycles. The van der Waals surface area contributed by atoms with Crippen LogP contribution in [-0.4, -0.2) is 18.7 Å². The fourth-order valence-electron chi connectivity index (χ4n) is 2.74. The minimum absolute atomic E-state index is 0. The number of hydrogen-bond acceptors (Lipinski definition) is 6. The van der Waals surface area contributed by atoms with Gasteiger partial charge in [0.1, 0.15) is 17.3 Å². The second-order valence-electron chi connectivity index (χ2n) is 5.89. The van der Waals surface area contributed by atoms with Crippen LogP contribution < -0.4 is 25.3 Å². The van der Waals surface area contributed by atoms with Crippen LogP contribution >= 0.6 is 24.8 Å². The standard InChI is InChI=1S/C18H19N3O3.2ClH/c1-11-18(19)21-14-6-12(2-4-15(14)24-11)8-20-9-13-3-5-16-17(7-13)23-10-22-16;;/h2-7,11,20H,8-10H2,1H3,(H2,19,21);2*1H. The molecule has 6 nitrogen and oxygen atoms in total. The lowest BCUT2D eigenvalue weighted by Crippen LogP contribution is -2.33. The highest BCUT2D eigenvalue weighted by Crippen LogP contribution is 2.33. The lowest BCUT2D eigenvalue weighted by molar-refractivity contribution is 0.174. The van der Waals surface area contributed by atoms with Gasteiger partial charge in [-0.2, -0.15) is 0 Å². The quantitative estimate of drug-likeness (QED) is 0.826. The van der Waals surface area contributed by atoms with Gasteiger partial charge in [-0.15, -0.1) is 24.8 Å². The van der Waals surface area contributed by atoms with E-state index in [4.69, 9.17) is 19.9 Å². The molecule has 2 heterocycles. The van der Waals surface area contributed by atoms with Crippen molar-refractivity contribution < 1.29 is 14.2 Å². The molecule has 0 bridgehead atoms. The second-order valence-corrected chi connectivity index (χ2v) is 5.89. The van der Waals surface area contributed by atoms with Crippen LogP contribution in [-0.2, 0) is 13.1 Å². The fraction of sp³-hybridized carbons (Fsp3) is 0.278. The molecule has 140 valence electrons. The fourth-order valence-corrected chi connectivity index (χ4v) is 2.74. The topological polar surface area (TPSA) is 78.1 Å². The predicted octanol–water partition coefficient (Wildman–Crippen LogP) is 3.32. The number of nitrogens with one attached hydrogen (secondary N) is 1. The summed E-state index contributed by atoms with van der Waals surface area (Å²) >= 11 is 0. The van der Waals surface area contributed by atoms with E-state index in [0.717, 1.165) is 47.2 Å². The highest BCUT2D eigenvalue weighted by atomic mass is 35.5. The van der Waals surface area contributed by atoms with Gasteiger partial charge in [0.2, 0.25) is 6.79 Å². The molecule has 1 unspecified atom stereocenters. The summed E-state index contributed by atoms with van der Waals surface area (Å²) in [7, 11) is 0. The van der Waals surface area contributed by atoms with Gasteiger partial charge in [0, 0.05) is 13.1 Å². The van der Waals surface area contributed by atoms with Crippen molar-refractivity contribution in [2.45, 2.75) is 26.1 Å². The Morgan fingerprint density at radius 1 is 1.00 bits per heavy atom. The molecule has 26 heavy (non-hydrogen) atoms. The summed E-state index contributed by atoms with van der Waals surface area (Å²) in [5, 5.41) is 3.42. The smallest absolute Gasteiger partial charge is 0.231 e. The van der Waals surface area contributed by atoms with Crippen molar-refractivity contribution in [3.63, 3.8) is 0 Å². The van der Waals surface area contributed by atoms with Crippen LogP contribution in [0, 0.1) is 0 Å². The first kappa shape index (κ1) is 20.2. The molecular weight excluding hydrogens is 377 g/mol. The lowest BCUT2D eigenvalue weighted by Gasteiger charge is -2.21. The first-order chi connectivity index (χ1) is 11.7. The third-order valence-electron chi connectivity index (χ3n) is 4.09. The van der Waals surface area contributed by atoms with Crippen molar-refractivity contribution in [1.82, 2.24) is 5.32 Å². The van der Waals surface area contributed by atoms with Gasteiger partial charge >= 0.3 is 0 Å². The zero-order chi connectivity index (χ0) is 16.5. The number of hydrogen-bond donors (Lipinski definition) is 2. The molecule has 0 amide bonds. The summed E-state index contributed by atoms with van der Waals surface area (Å²) in [5.74, 6) is 2.89. The van der Waals surface area contributed by atoms with Gasteiger partial charge in [0.15, 0.2) is 17.6 Å². The molecule has 2 aliphatic heterocycles. The zero-order valence-electron chi connectivity index (χ0n) is 14.2. The number of rotatable bonds is 4. The van der Waals surface area contributed by atoms with E-state index in [2.05, 4.69) is 10.3 Å². The molecule has 8 heteroatoms. The molecule has 0 saturated heterocycles. The highest BCUT2D eigenvalue weighted by Gasteiger charge is 2.18. The average Bonchev–Trinajstić information content (AvgIpc) is 3.04. The summed E-state index contributed by atoms with van der Waals surface area (Å²) in [5.41, 5.74) is 8.91. The molecular formula is C18H21Cl2N3O3. The van der Waals surface area contributed by atoms with Crippen molar-refractivity contribution in [2.24, 2.45) is 10.7 Å². The maximum absolute atomic E-state index is 5.85. The summed E-state index contributed by atoms with van der Waals surface area (Å²) in [4.78, 5) is 4.40. The van der Waals surface area contributed by atoms with Gasteiger partial charge in [-0.25, -0.2) is 4.99 Å². The largest absolute Gasteiger partial charge is 0.481 e. The molecule has 0 fully saturated rings. The predicted molar refractivity (Wildman–Crippen MR) is 105 cm³/mol. The molecule has 2 aromatic carbocycles. The van der Waals surface area contributed by atoms with Crippen LogP contribution in [0.2, 0.25) is 0 Å². The number of benzene rings is 2. The van der Waals surface area contributed by atoms with Crippen LogP contribution in [0.1, 0.15) is 18.1 Å². The highest BCUT2D eigenvalue weighted by molar-refractivity contribution is 5.89. The first-order valence-corrected chi connectivity index (χ1v) is 7.92. The maximum atomic E-state index is 5.85.